The van der Waals surface area contributed by atoms with Crippen molar-refractivity contribution in [2.45, 2.75) is 39.7 Å². The lowest BCUT2D eigenvalue weighted by molar-refractivity contribution is 0.208. The normalized spacial score (nSPS) is 22.2. The van der Waals surface area contributed by atoms with Crippen molar-refractivity contribution in [2.24, 2.45) is 5.92 Å². The molecule has 0 bridgehead atoms. The smallest absolute Gasteiger partial charge is 0.317 e. The van der Waals surface area contributed by atoms with Gasteiger partial charge >= 0.3 is 6.03 Å². The van der Waals surface area contributed by atoms with E-state index in [4.69, 9.17) is 0 Å². The first-order valence-corrected chi connectivity index (χ1v) is 6.43. The zero-order chi connectivity index (χ0) is 12.0. The molecule has 2 N–H and O–H groups in total. The van der Waals surface area contributed by atoms with Crippen LogP contribution in [0.1, 0.15) is 33.6 Å². The molecule has 1 saturated heterocycles. The Labute approximate surface area is 98.8 Å². The molecular weight excluding hydrogens is 202 g/mol. The summed E-state index contributed by atoms with van der Waals surface area (Å²) < 4.78 is 0. The van der Waals surface area contributed by atoms with Crippen LogP contribution in [0.5, 0.6) is 0 Å². The van der Waals surface area contributed by atoms with Gasteiger partial charge in [0.25, 0.3) is 0 Å². The van der Waals surface area contributed by atoms with Crippen LogP contribution in [0.3, 0.4) is 0 Å². The molecule has 0 aromatic carbocycles. The topological polar surface area (TPSA) is 44.4 Å². The van der Waals surface area contributed by atoms with Gasteiger partial charge in [-0.2, -0.15) is 0 Å². The summed E-state index contributed by atoms with van der Waals surface area (Å²) in [6, 6.07) is 0.562. The average Bonchev–Trinajstić information content (AvgIpc) is 2.75. The van der Waals surface area contributed by atoms with E-state index >= 15 is 0 Å². The van der Waals surface area contributed by atoms with Gasteiger partial charge in [0.2, 0.25) is 0 Å². The fourth-order valence-electron chi connectivity index (χ4n) is 1.89. The molecule has 1 fully saturated rings. The Morgan fingerprint density at radius 1 is 1.50 bits per heavy atom. The van der Waals surface area contributed by atoms with E-state index in [1.807, 2.05) is 11.8 Å². The first-order chi connectivity index (χ1) is 7.67. The van der Waals surface area contributed by atoms with E-state index in [2.05, 4.69) is 24.5 Å². The fourth-order valence-corrected chi connectivity index (χ4v) is 1.89. The van der Waals surface area contributed by atoms with E-state index in [-0.39, 0.29) is 6.03 Å². The lowest BCUT2D eigenvalue weighted by Crippen LogP contribution is -2.41. The van der Waals surface area contributed by atoms with Crippen LogP contribution in [0.4, 0.5) is 4.79 Å². The molecule has 0 radical (unpaired) electrons. The Morgan fingerprint density at radius 3 is 2.88 bits per heavy atom. The minimum Gasteiger partial charge on any atom is -0.338 e. The van der Waals surface area contributed by atoms with Crippen LogP contribution >= 0.6 is 0 Å². The van der Waals surface area contributed by atoms with Crippen LogP contribution < -0.4 is 10.6 Å². The van der Waals surface area contributed by atoms with Crippen LogP contribution in [-0.4, -0.2) is 43.2 Å². The minimum atomic E-state index is 0.0790. The summed E-state index contributed by atoms with van der Waals surface area (Å²) >= 11 is 0. The second kappa shape index (κ2) is 6.74. The SMILES string of the molecule is CCNC(=O)N1CCC(NCC(C)CC)C1. The van der Waals surface area contributed by atoms with E-state index in [1.54, 1.807) is 0 Å². The number of urea groups is 1. The summed E-state index contributed by atoms with van der Waals surface area (Å²) in [5.74, 6) is 0.721. The third-order valence-electron chi connectivity index (χ3n) is 3.26. The molecule has 0 aromatic rings. The van der Waals surface area contributed by atoms with Crippen molar-refractivity contribution in [3.05, 3.63) is 0 Å². The van der Waals surface area contributed by atoms with Gasteiger partial charge in [0.15, 0.2) is 0 Å². The van der Waals surface area contributed by atoms with Crippen molar-refractivity contribution in [1.82, 2.24) is 15.5 Å². The minimum absolute atomic E-state index is 0.0790. The van der Waals surface area contributed by atoms with Crippen LogP contribution in [-0.2, 0) is 0 Å². The molecule has 16 heavy (non-hydrogen) atoms. The standard InChI is InChI=1S/C12H25N3O/c1-4-10(3)8-14-11-6-7-15(9-11)12(16)13-5-2/h10-11,14H,4-9H2,1-3H3,(H,13,16). The molecule has 4 heteroatoms. The van der Waals surface area contributed by atoms with Gasteiger partial charge in [-0.05, 0) is 25.8 Å². The molecule has 1 rings (SSSR count). The maximum Gasteiger partial charge on any atom is 0.317 e. The number of carbonyl (C=O) groups excluding carboxylic acids is 1. The van der Waals surface area contributed by atoms with Crippen molar-refractivity contribution in [3.8, 4) is 0 Å². The first kappa shape index (κ1) is 13.3. The first-order valence-electron chi connectivity index (χ1n) is 6.43. The van der Waals surface area contributed by atoms with Crippen LogP contribution in [0.2, 0.25) is 0 Å². The summed E-state index contributed by atoms with van der Waals surface area (Å²) in [6.07, 6.45) is 2.29. The molecule has 0 aromatic heterocycles. The van der Waals surface area contributed by atoms with Crippen LogP contribution in [0.25, 0.3) is 0 Å². The molecule has 0 saturated carbocycles. The molecular formula is C12H25N3O. The van der Waals surface area contributed by atoms with Crippen molar-refractivity contribution < 1.29 is 4.79 Å². The Morgan fingerprint density at radius 2 is 2.25 bits per heavy atom. The van der Waals surface area contributed by atoms with Gasteiger partial charge in [0, 0.05) is 25.7 Å². The number of nitrogens with one attached hydrogen (secondary N) is 2. The third kappa shape index (κ3) is 4.00. The summed E-state index contributed by atoms with van der Waals surface area (Å²) in [6.45, 7) is 9.91. The number of likely N-dealkylation sites (tertiary alicyclic amines) is 1. The molecule has 4 nitrogen and oxygen atoms in total. The summed E-state index contributed by atoms with van der Waals surface area (Å²) in [5.41, 5.74) is 0. The highest BCUT2D eigenvalue weighted by Gasteiger charge is 2.25. The van der Waals surface area contributed by atoms with Crippen molar-refractivity contribution >= 4 is 6.03 Å². The summed E-state index contributed by atoms with van der Waals surface area (Å²) in [5, 5.41) is 6.38. The van der Waals surface area contributed by atoms with E-state index in [0.717, 1.165) is 32.0 Å². The van der Waals surface area contributed by atoms with Gasteiger partial charge in [-0.15, -0.1) is 0 Å². The van der Waals surface area contributed by atoms with Gasteiger partial charge in [-0.1, -0.05) is 20.3 Å². The number of amides is 2. The zero-order valence-corrected chi connectivity index (χ0v) is 10.8. The van der Waals surface area contributed by atoms with Crippen LogP contribution in [0, 0.1) is 5.92 Å². The monoisotopic (exact) mass is 227 g/mol. The van der Waals surface area contributed by atoms with Crippen molar-refractivity contribution in [1.29, 1.82) is 0 Å². The number of carbonyl (C=O) groups is 1. The van der Waals surface area contributed by atoms with E-state index in [9.17, 15) is 4.79 Å². The highest BCUT2D eigenvalue weighted by atomic mass is 16.2. The molecule has 2 unspecified atom stereocenters. The number of nitrogens with zero attached hydrogens (tertiary/aromatic N) is 1. The molecule has 1 heterocycles. The molecule has 0 spiro atoms. The Bertz CT molecular complexity index is 220. The number of hydrogen-bond acceptors (Lipinski definition) is 2. The largest absolute Gasteiger partial charge is 0.338 e. The van der Waals surface area contributed by atoms with Gasteiger partial charge < -0.3 is 15.5 Å². The molecule has 2 atom stereocenters. The van der Waals surface area contributed by atoms with Gasteiger partial charge in [-0.25, -0.2) is 4.79 Å². The molecule has 94 valence electrons. The fraction of sp³-hybridized carbons (Fsp3) is 0.917. The van der Waals surface area contributed by atoms with Gasteiger partial charge in [0.1, 0.15) is 0 Å². The van der Waals surface area contributed by atoms with Crippen molar-refractivity contribution in [3.63, 3.8) is 0 Å². The molecule has 1 aliphatic rings. The summed E-state index contributed by atoms with van der Waals surface area (Å²) in [7, 11) is 0. The van der Waals surface area contributed by atoms with Crippen LogP contribution in [0.15, 0.2) is 0 Å². The molecule has 2 amide bonds. The quantitative estimate of drug-likeness (QED) is 0.746. The average molecular weight is 227 g/mol. The van der Waals surface area contributed by atoms with Crippen molar-refractivity contribution in [2.75, 3.05) is 26.2 Å². The number of hydrogen-bond donors (Lipinski definition) is 2. The lowest BCUT2D eigenvalue weighted by Gasteiger charge is -2.18. The zero-order valence-electron chi connectivity index (χ0n) is 10.8. The van der Waals surface area contributed by atoms with Gasteiger partial charge in [0.05, 0.1) is 0 Å². The Hall–Kier alpha value is -0.770. The highest BCUT2D eigenvalue weighted by Crippen LogP contribution is 2.10. The van der Waals surface area contributed by atoms with E-state index in [0.29, 0.717) is 12.6 Å². The third-order valence-corrected chi connectivity index (χ3v) is 3.26. The number of rotatable bonds is 5. The second-order valence-corrected chi connectivity index (χ2v) is 4.69. The predicted octanol–water partition coefficient (Wildman–Crippen LogP) is 1.43. The second-order valence-electron chi connectivity index (χ2n) is 4.69. The lowest BCUT2D eigenvalue weighted by atomic mass is 10.1. The maximum absolute atomic E-state index is 11.6. The summed E-state index contributed by atoms with van der Waals surface area (Å²) in [4.78, 5) is 13.5. The molecule has 1 aliphatic heterocycles. The maximum atomic E-state index is 11.6. The predicted molar refractivity (Wildman–Crippen MR) is 66.5 cm³/mol. The molecule has 0 aliphatic carbocycles. The van der Waals surface area contributed by atoms with E-state index < -0.39 is 0 Å². The van der Waals surface area contributed by atoms with Gasteiger partial charge in [-0.3, -0.25) is 0 Å². The Kier molecular flexibility index (Phi) is 5.60. The Balaban J connectivity index is 2.22. The van der Waals surface area contributed by atoms with E-state index in [1.165, 1.54) is 6.42 Å². The highest BCUT2D eigenvalue weighted by molar-refractivity contribution is 5.74.